The second-order valence-electron chi connectivity index (χ2n) is 5.99. The quantitative estimate of drug-likeness (QED) is 0.359. The molecule has 1 aromatic carbocycles. The van der Waals surface area contributed by atoms with Crippen LogP contribution in [0.3, 0.4) is 0 Å². The van der Waals surface area contributed by atoms with E-state index >= 15 is 0 Å². The van der Waals surface area contributed by atoms with Gasteiger partial charge in [0.05, 0.1) is 17.4 Å². The van der Waals surface area contributed by atoms with Gasteiger partial charge in [-0.3, -0.25) is 14.9 Å². The van der Waals surface area contributed by atoms with Crippen molar-refractivity contribution in [1.29, 1.82) is 0 Å². The number of nitrogens with zero attached hydrogens (tertiary/aromatic N) is 3. The minimum atomic E-state index is -1.02. The maximum absolute atomic E-state index is 12.8. The third-order valence-electron chi connectivity index (χ3n) is 4.64. The van der Waals surface area contributed by atoms with E-state index in [1.807, 2.05) is 24.3 Å². The van der Waals surface area contributed by atoms with E-state index in [9.17, 15) is 14.9 Å². The Balaban J connectivity index is 2.16. The Bertz CT molecular complexity index is 842. The second kappa shape index (κ2) is 6.76. The summed E-state index contributed by atoms with van der Waals surface area (Å²) in [6, 6.07) is 7.60. The predicted octanol–water partition coefficient (Wildman–Crippen LogP) is 3.03. The number of hydrogen-bond donors (Lipinski definition) is 0. The Labute approximate surface area is 149 Å². The SMILES string of the molecule is COC(=O)C1(Cc2nc(Cl)ncc2[N+](=O)[O-])CCCc2ccccc21. The lowest BCUT2D eigenvalue weighted by Gasteiger charge is -2.36. The van der Waals surface area contributed by atoms with Crippen LogP contribution in [0.25, 0.3) is 0 Å². The van der Waals surface area contributed by atoms with Crippen LogP contribution in [0.1, 0.15) is 29.7 Å². The molecule has 1 unspecified atom stereocenters. The molecule has 0 bridgehead atoms. The summed E-state index contributed by atoms with van der Waals surface area (Å²) in [7, 11) is 1.32. The predicted molar refractivity (Wildman–Crippen MR) is 90.5 cm³/mol. The summed E-state index contributed by atoms with van der Waals surface area (Å²) < 4.78 is 5.07. The van der Waals surface area contributed by atoms with Gasteiger partial charge in [-0.15, -0.1) is 0 Å². The minimum absolute atomic E-state index is 0.0369. The molecule has 2 aromatic rings. The molecular weight excluding hydrogens is 346 g/mol. The molecule has 0 amide bonds. The standard InChI is InChI=1S/C17H16ClN3O4/c1-25-15(22)17(8-4-6-11-5-2-3-7-12(11)17)9-13-14(21(23)24)10-19-16(18)20-13/h2-3,5,7,10H,4,6,8-9H2,1H3. The average Bonchev–Trinajstić information content (AvgIpc) is 2.61. The van der Waals surface area contributed by atoms with Crippen molar-refractivity contribution in [3.63, 3.8) is 0 Å². The average molecular weight is 362 g/mol. The monoisotopic (exact) mass is 361 g/mol. The molecular formula is C17H16ClN3O4. The number of carbonyl (C=O) groups excluding carboxylic acids is 1. The zero-order chi connectivity index (χ0) is 18.0. The Morgan fingerprint density at radius 3 is 2.92 bits per heavy atom. The third-order valence-corrected chi connectivity index (χ3v) is 4.82. The fourth-order valence-corrected chi connectivity index (χ4v) is 3.69. The van der Waals surface area contributed by atoms with E-state index in [0.717, 1.165) is 30.2 Å². The van der Waals surface area contributed by atoms with Crippen molar-refractivity contribution in [2.45, 2.75) is 31.1 Å². The van der Waals surface area contributed by atoms with Crippen LogP contribution in [0.2, 0.25) is 5.28 Å². The first-order chi connectivity index (χ1) is 12.0. The van der Waals surface area contributed by atoms with Crippen LogP contribution >= 0.6 is 11.6 Å². The van der Waals surface area contributed by atoms with Gasteiger partial charge in [-0.05, 0) is 42.0 Å². The zero-order valence-corrected chi connectivity index (χ0v) is 14.3. The lowest BCUT2D eigenvalue weighted by atomic mass is 9.67. The molecule has 0 fully saturated rings. The van der Waals surface area contributed by atoms with E-state index < -0.39 is 16.3 Å². The number of esters is 1. The van der Waals surface area contributed by atoms with Crippen LogP contribution < -0.4 is 0 Å². The topological polar surface area (TPSA) is 95.2 Å². The number of halogens is 1. The highest BCUT2D eigenvalue weighted by Gasteiger charge is 2.46. The van der Waals surface area contributed by atoms with Gasteiger partial charge in [-0.2, -0.15) is 0 Å². The minimum Gasteiger partial charge on any atom is -0.468 e. The van der Waals surface area contributed by atoms with Gasteiger partial charge in [0.1, 0.15) is 11.9 Å². The molecule has 1 heterocycles. The molecule has 1 atom stereocenters. The summed E-state index contributed by atoms with van der Waals surface area (Å²) in [6.07, 6.45) is 3.26. The summed E-state index contributed by atoms with van der Waals surface area (Å²) in [5.41, 5.74) is 0.730. The number of nitro groups is 1. The molecule has 8 heteroatoms. The largest absolute Gasteiger partial charge is 0.468 e. The molecule has 0 aliphatic heterocycles. The van der Waals surface area contributed by atoms with Crippen molar-refractivity contribution >= 4 is 23.3 Å². The van der Waals surface area contributed by atoms with Crippen molar-refractivity contribution < 1.29 is 14.5 Å². The van der Waals surface area contributed by atoms with Gasteiger partial charge >= 0.3 is 11.7 Å². The van der Waals surface area contributed by atoms with E-state index in [-0.39, 0.29) is 23.1 Å². The number of aromatic nitrogens is 2. The Hall–Kier alpha value is -2.54. The molecule has 0 saturated carbocycles. The highest BCUT2D eigenvalue weighted by molar-refractivity contribution is 6.28. The maximum Gasteiger partial charge on any atom is 0.316 e. The van der Waals surface area contributed by atoms with Gasteiger partial charge in [0.2, 0.25) is 5.28 Å². The smallest absolute Gasteiger partial charge is 0.316 e. The molecule has 1 aliphatic carbocycles. The first-order valence-electron chi connectivity index (χ1n) is 7.80. The number of ether oxygens (including phenoxy) is 1. The normalized spacial score (nSPS) is 19.1. The lowest BCUT2D eigenvalue weighted by Crippen LogP contribution is -2.42. The highest BCUT2D eigenvalue weighted by atomic mass is 35.5. The van der Waals surface area contributed by atoms with E-state index in [1.54, 1.807) is 0 Å². The molecule has 130 valence electrons. The van der Waals surface area contributed by atoms with Crippen molar-refractivity contribution in [3.8, 4) is 0 Å². The van der Waals surface area contributed by atoms with Crippen LogP contribution in [-0.2, 0) is 27.8 Å². The molecule has 1 aromatic heterocycles. The van der Waals surface area contributed by atoms with E-state index in [4.69, 9.17) is 16.3 Å². The molecule has 25 heavy (non-hydrogen) atoms. The number of rotatable bonds is 4. The zero-order valence-electron chi connectivity index (χ0n) is 13.6. The highest BCUT2D eigenvalue weighted by Crippen LogP contribution is 2.42. The molecule has 0 N–H and O–H groups in total. The molecule has 0 spiro atoms. The van der Waals surface area contributed by atoms with Gasteiger partial charge in [0.15, 0.2) is 0 Å². The number of fused-ring (bicyclic) bond motifs is 1. The fraction of sp³-hybridized carbons (Fsp3) is 0.353. The lowest BCUT2D eigenvalue weighted by molar-refractivity contribution is -0.386. The molecule has 7 nitrogen and oxygen atoms in total. The number of benzene rings is 1. The molecule has 0 radical (unpaired) electrons. The number of methoxy groups -OCH3 is 1. The molecule has 3 rings (SSSR count). The van der Waals surface area contributed by atoms with Crippen LogP contribution in [0.4, 0.5) is 5.69 Å². The number of hydrogen-bond acceptors (Lipinski definition) is 6. The van der Waals surface area contributed by atoms with Gasteiger partial charge in [-0.25, -0.2) is 9.97 Å². The fourth-order valence-electron chi connectivity index (χ4n) is 3.54. The molecule has 1 aliphatic rings. The third kappa shape index (κ3) is 3.07. The summed E-state index contributed by atoms with van der Waals surface area (Å²) in [4.78, 5) is 31.2. The first-order valence-corrected chi connectivity index (χ1v) is 8.18. The van der Waals surface area contributed by atoms with Crippen molar-refractivity contribution in [2.75, 3.05) is 7.11 Å². The number of aryl methyl sites for hydroxylation is 1. The Morgan fingerprint density at radius 2 is 2.20 bits per heavy atom. The first kappa shape index (κ1) is 17.3. The van der Waals surface area contributed by atoms with Crippen LogP contribution in [0.15, 0.2) is 30.5 Å². The van der Waals surface area contributed by atoms with Crippen LogP contribution in [0.5, 0.6) is 0 Å². The van der Waals surface area contributed by atoms with E-state index in [2.05, 4.69) is 9.97 Å². The summed E-state index contributed by atoms with van der Waals surface area (Å²) in [5, 5.41) is 11.2. The van der Waals surface area contributed by atoms with Crippen LogP contribution in [0, 0.1) is 10.1 Å². The summed E-state index contributed by atoms with van der Waals surface area (Å²) >= 11 is 5.84. The van der Waals surface area contributed by atoms with Gasteiger partial charge in [-0.1, -0.05) is 24.3 Å². The molecule has 0 saturated heterocycles. The van der Waals surface area contributed by atoms with E-state index in [0.29, 0.717) is 6.42 Å². The Morgan fingerprint density at radius 1 is 1.44 bits per heavy atom. The number of carbonyl (C=O) groups is 1. The van der Waals surface area contributed by atoms with E-state index in [1.165, 1.54) is 7.11 Å². The van der Waals surface area contributed by atoms with Gasteiger partial charge in [0.25, 0.3) is 0 Å². The Kier molecular flexibility index (Phi) is 4.67. The van der Waals surface area contributed by atoms with Crippen molar-refractivity contribution in [2.24, 2.45) is 0 Å². The van der Waals surface area contributed by atoms with Crippen molar-refractivity contribution in [3.05, 3.63) is 62.7 Å². The second-order valence-corrected chi connectivity index (χ2v) is 6.33. The summed E-state index contributed by atoms with van der Waals surface area (Å²) in [6.45, 7) is 0. The summed E-state index contributed by atoms with van der Waals surface area (Å²) in [5.74, 6) is -0.427. The maximum atomic E-state index is 12.8. The van der Waals surface area contributed by atoms with Crippen molar-refractivity contribution in [1.82, 2.24) is 9.97 Å². The van der Waals surface area contributed by atoms with Gasteiger partial charge in [0, 0.05) is 6.42 Å². The van der Waals surface area contributed by atoms with Gasteiger partial charge < -0.3 is 4.74 Å². The van der Waals surface area contributed by atoms with Crippen LogP contribution in [-0.4, -0.2) is 28.0 Å².